The number of hydrogen-bond acceptors (Lipinski definition) is 4. The molecule has 118 valence electrons. The van der Waals surface area contributed by atoms with E-state index < -0.39 is 0 Å². The van der Waals surface area contributed by atoms with Crippen LogP contribution in [0.25, 0.3) is 10.9 Å². The molecule has 0 aliphatic rings. The van der Waals surface area contributed by atoms with E-state index in [0.717, 1.165) is 5.56 Å². The van der Waals surface area contributed by atoms with Gasteiger partial charge in [-0.15, -0.1) is 0 Å². The van der Waals surface area contributed by atoms with Gasteiger partial charge in [0.05, 0.1) is 10.9 Å². The van der Waals surface area contributed by atoms with Gasteiger partial charge in [-0.2, -0.15) is 0 Å². The van der Waals surface area contributed by atoms with Crippen molar-refractivity contribution in [3.63, 3.8) is 0 Å². The van der Waals surface area contributed by atoms with Gasteiger partial charge in [-0.05, 0) is 49.2 Å². The standard InChI is InChI=1S/C17H15ClN2O3/c1-10-19-14-4-3-12(18)9-13(14)17(23)20(10)7-6-11-2-5-15(21)16(22)8-11/h2-5,8-9,21-22H,6-7H2,1H3. The lowest BCUT2D eigenvalue weighted by atomic mass is 10.1. The molecule has 0 unspecified atom stereocenters. The van der Waals surface area contributed by atoms with Crippen molar-refractivity contribution in [1.29, 1.82) is 0 Å². The smallest absolute Gasteiger partial charge is 0.261 e. The Bertz CT molecular complexity index is 950. The molecular weight excluding hydrogens is 316 g/mol. The van der Waals surface area contributed by atoms with Crippen LogP contribution in [-0.4, -0.2) is 19.8 Å². The van der Waals surface area contributed by atoms with E-state index in [1.165, 1.54) is 12.1 Å². The van der Waals surface area contributed by atoms with Gasteiger partial charge in [0, 0.05) is 11.6 Å². The first-order valence-corrected chi connectivity index (χ1v) is 7.51. The number of phenols is 2. The van der Waals surface area contributed by atoms with Gasteiger partial charge >= 0.3 is 0 Å². The third-order valence-electron chi connectivity index (χ3n) is 3.77. The minimum Gasteiger partial charge on any atom is -0.504 e. The third-order valence-corrected chi connectivity index (χ3v) is 4.01. The number of fused-ring (bicyclic) bond motifs is 1. The highest BCUT2D eigenvalue weighted by Crippen LogP contribution is 2.25. The number of rotatable bonds is 3. The van der Waals surface area contributed by atoms with Gasteiger partial charge < -0.3 is 10.2 Å². The zero-order valence-corrected chi connectivity index (χ0v) is 13.2. The lowest BCUT2D eigenvalue weighted by Gasteiger charge is -2.11. The highest BCUT2D eigenvalue weighted by atomic mass is 35.5. The molecule has 0 aliphatic heterocycles. The number of halogens is 1. The normalized spacial score (nSPS) is 11.0. The summed E-state index contributed by atoms with van der Waals surface area (Å²) in [6.45, 7) is 2.20. The zero-order chi connectivity index (χ0) is 16.6. The summed E-state index contributed by atoms with van der Waals surface area (Å²) in [7, 11) is 0. The lowest BCUT2D eigenvalue weighted by molar-refractivity contribution is 0.403. The summed E-state index contributed by atoms with van der Waals surface area (Å²) in [6, 6.07) is 9.68. The van der Waals surface area contributed by atoms with Gasteiger partial charge in [0.2, 0.25) is 0 Å². The van der Waals surface area contributed by atoms with E-state index in [1.54, 1.807) is 35.8 Å². The summed E-state index contributed by atoms with van der Waals surface area (Å²) in [5, 5.41) is 19.8. The first-order chi connectivity index (χ1) is 11.0. The molecule has 5 nitrogen and oxygen atoms in total. The molecule has 1 heterocycles. The maximum absolute atomic E-state index is 12.6. The Morgan fingerprint density at radius 1 is 1.13 bits per heavy atom. The average molecular weight is 331 g/mol. The van der Waals surface area contributed by atoms with Crippen molar-refractivity contribution in [2.45, 2.75) is 19.9 Å². The third kappa shape index (κ3) is 3.00. The van der Waals surface area contributed by atoms with E-state index in [0.29, 0.717) is 34.7 Å². The molecular formula is C17H15ClN2O3. The molecule has 23 heavy (non-hydrogen) atoms. The van der Waals surface area contributed by atoms with E-state index in [1.807, 2.05) is 0 Å². The van der Waals surface area contributed by atoms with E-state index in [4.69, 9.17) is 11.6 Å². The zero-order valence-electron chi connectivity index (χ0n) is 12.5. The largest absolute Gasteiger partial charge is 0.504 e. The molecule has 2 aromatic carbocycles. The van der Waals surface area contributed by atoms with Gasteiger partial charge in [0.1, 0.15) is 5.82 Å². The van der Waals surface area contributed by atoms with Crippen molar-refractivity contribution < 1.29 is 10.2 Å². The number of phenolic OH excluding ortho intramolecular Hbond substituents is 2. The van der Waals surface area contributed by atoms with E-state index in [-0.39, 0.29) is 17.1 Å². The number of benzene rings is 2. The van der Waals surface area contributed by atoms with Gasteiger partial charge in [0.25, 0.3) is 5.56 Å². The molecule has 0 fully saturated rings. The molecule has 0 atom stereocenters. The molecule has 3 aromatic rings. The van der Waals surface area contributed by atoms with Gasteiger partial charge in [0.15, 0.2) is 11.5 Å². The first-order valence-electron chi connectivity index (χ1n) is 7.13. The number of nitrogens with zero attached hydrogens (tertiary/aromatic N) is 2. The SMILES string of the molecule is Cc1nc2ccc(Cl)cc2c(=O)n1CCc1ccc(O)c(O)c1. The van der Waals surface area contributed by atoms with Crippen LogP contribution in [-0.2, 0) is 13.0 Å². The molecule has 6 heteroatoms. The molecule has 2 N–H and O–H groups in total. The van der Waals surface area contributed by atoms with Crippen LogP contribution in [0.2, 0.25) is 5.02 Å². The minimum absolute atomic E-state index is 0.141. The predicted octanol–water partition coefficient (Wildman–Crippen LogP) is 3.01. The molecule has 0 bridgehead atoms. The Hall–Kier alpha value is -2.53. The van der Waals surface area contributed by atoms with Gasteiger partial charge in [-0.25, -0.2) is 4.98 Å². The topological polar surface area (TPSA) is 75.4 Å². The van der Waals surface area contributed by atoms with Crippen molar-refractivity contribution in [2.24, 2.45) is 0 Å². The first kappa shape index (κ1) is 15.4. The summed E-state index contributed by atoms with van der Waals surface area (Å²) < 4.78 is 1.59. The van der Waals surface area contributed by atoms with Crippen molar-refractivity contribution in [2.75, 3.05) is 0 Å². The van der Waals surface area contributed by atoms with Crippen LogP contribution in [0, 0.1) is 6.92 Å². The van der Waals surface area contributed by atoms with Crippen molar-refractivity contribution >= 4 is 22.5 Å². The second kappa shape index (κ2) is 5.93. The maximum Gasteiger partial charge on any atom is 0.261 e. The fraction of sp³-hybridized carbons (Fsp3) is 0.176. The quantitative estimate of drug-likeness (QED) is 0.724. The number of hydrogen-bond donors (Lipinski definition) is 2. The van der Waals surface area contributed by atoms with Crippen molar-refractivity contribution in [1.82, 2.24) is 9.55 Å². The maximum atomic E-state index is 12.6. The van der Waals surface area contributed by atoms with Gasteiger partial charge in [-0.3, -0.25) is 9.36 Å². The lowest BCUT2D eigenvalue weighted by Crippen LogP contribution is -2.24. The van der Waals surface area contributed by atoms with Crippen molar-refractivity contribution in [3.05, 3.63) is 63.2 Å². The highest BCUT2D eigenvalue weighted by Gasteiger charge is 2.09. The Morgan fingerprint density at radius 3 is 2.65 bits per heavy atom. The summed E-state index contributed by atoms with van der Waals surface area (Å²) in [6.07, 6.45) is 0.530. The fourth-order valence-electron chi connectivity index (χ4n) is 2.53. The average Bonchev–Trinajstić information content (AvgIpc) is 2.51. The van der Waals surface area contributed by atoms with E-state index in [2.05, 4.69) is 4.98 Å². The van der Waals surface area contributed by atoms with Crippen LogP contribution >= 0.6 is 11.6 Å². The van der Waals surface area contributed by atoms with Crippen LogP contribution in [0.15, 0.2) is 41.2 Å². The number of aromatic hydroxyl groups is 2. The van der Waals surface area contributed by atoms with Crippen molar-refractivity contribution in [3.8, 4) is 11.5 Å². The number of aryl methyl sites for hydroxylation is 2. The Balaban J connectivity index is 1.96. The summed E-state index contributed by atoms with van der Waals surface area (Å²) in [4.78, 5) is 17.1. The molecule has 0 saturated heterocycles. The summed E-state index contributed by atoms with van der Waals surface area (Å²) >= 11 is 5.96. The van der Waals surface area contributed by atoms with E-state index in [9.17, 15) is 15.0 Å². The molecule has 0 amide bonds. The molecule has 0 spiro atoms. The summed E-state index contributed by atoms with van der Waals surface area (Å²) in [5.74, 6) is 0.284. The molecule has 0 aliphatic carbocycles. The molecule has 1 aromatic heterocycles. The Kier molecular flexibility index (Phi) is 3.96. The number of aromatic nitrogens is 2. The fourth-order valence-corrected chi connectivity index (χ4v) is 2.70. The summed E-state index contributed by atoms with van der Waals surface area (Å²) in [5.41, 5.74) is 1.30. The van der Waals surface area contributed by atoms with E-state index >= 15 is 0 Å². The van der Waals surface area contributed by atoms with Crippen LogP contribution in [0.3, 0.4) is 0 Å². The molecule has 3 rings (SSSR count). The van der Waals surface area contributed by atoms with Crippen LogP contribution in [0.4, 0.5) is 0 Å². The van der Waals surface area contributed by atoms with Gasteiger partial charge in [-0.1, -0.05) is 17.7 Å². The van der Waals surface area contributed by atoms with Crippen LogP contribution in [0.5, 0.6) is 11.5 Å². The molecule has 0 radical (unpaired) electrons. The second-order valence-corrected chi connectivity index (χ2v) is 5.79. The Labute approximate surface area is 137 Å². The monoisotopic (exact) mass is 330 g/mol. The van der Waals surface area contributed by atoms with Crippen LogP contribution < -0.4 is 5.56 Å². The van der Waals surface area contributed by atoms with Crippen LogP contribution in [0.1, 0.15) is 11.4 Å². The predicted molar refractivity (Wildman–Crippen MR) is 89.2 cm³/mol. The minimum atomic E-state index is -0.171. The highest BCUT2D eigenvalue weighted by molar-refractivity contribution is 6.31. The molecule has 0 saturated carbocycles. The second-order valence-electron chi connectivity index (χ2n) is 5.35. The Morgan fingerprint density at radius 2 is 1.91 bits per heavy atom.